The molecule has 0 heterocycles. The van der Waals surface area contributed by atoms with Crippen molar-refractivity contribution in [1.82, 2.24) is 0 Å². The van der Waals surface area contributed by atoms with E-state index in [4.69, 9.17) is 15.5 Å². The molecule has 0 aromatic rings. The molecule has 18 heavy (non-hydrogen) atoms. The van der Waals surface area contributed by atoms with Gasteiger partial charge >= 0.3 is 0 Å². The van der Waals surface area contributed by atoms with E-state index in [1.54, 1.807) is 0 Å². The summed E-state index contributed by atoms with van der Waals surface area (Å²) in [6.45, 7) is 0. The maximum absolute atomic E-state index is 10.5. The van der Waals surface area contributed by atoms with Gasteiger partial charge in [-0.1, -0.05) is 19.3 Å². The Morgan fingerprint density at radius 1 is 1.39 bits per heavy atom. The maximum atomic E-state index is 10.5. The number of allylic oxidation sites excluding steroid dienone is 1. The molecule has 5 nitrogen and oxygen atoms in total. The lowest BCUT2D eigenvalue weighted by atomic mass is 9.84. The van der Waals surface area contributed by atoms with Gasteiger partial charge in [-0.25, -0.2) is 0 Å². The molecule has 0 spiro atoms. The van der Waals surface area contributed by atoms with Gasteiger partial charge in [0, 0.05) is 11.0 Å². The van der Waals surface area contributed by atoms with E-state index in [-0.39, 0.29) is 0 Å². The number of thioether (sulfide) groups is 1. The third kappa shape index (κ3) is 4.26. The SMILES string of the molecule is N#C/C=C(\SC[C@H]([NH3+])C(O)O)C1(O)CCCCC1. The van der Waals surface area contributed by atoms with Crippen molar-refractivity contribution in [1.29, 1.82) is 5.26 Å². The van der Waals surface area contributed by atoms with E-state index in [0.717, 1.165) is 19.3 Å². The fraction of sp³-hybridized carbons (Fsp3) is 0.750. The average molecular weight is 273 g/mol. The van der Waals surface area contributed by atoms with Crippen molar-refractivity contribution >= 4 is 11.8 Å². The Bertz CT molecular complexity index is 333. The van der Waals surface area contributed by atoms with Crippen LogP contribution in [0, 0.1) is 11.3 Å². The van der Waals surface area contributed by atoms with Gasteiger partial charge in [0.25, 0.3) is 0 Å². The van der Waals surface area contributed by atoms with Crippen LogP contribution in [0.4, 0.5) is 0 Å². The summed E-state index contributed by atoms with van der Waals surface area (Å²) >= 11 is 1.29. The Hall–Kier alpha value is -0.580. The lowest BCUT2D eigenvalue weighted by Gasteiger charge is -2.33. The topological polar surface area (TPSA) is 112 Å². The van der Waals surface area contributed by atoms with Crippen LogP contribution in [0.25, 0.3) is 0 Å². The van der Waals surface area contributed by atoms with E-state index in [1.165, 1.54) is 17.8 Å². The molecule has 1 atom stereocenters. The first-order valence-electron chi connectivity index (χ1n) is 6.14. The molecule has 0 aliphatic heterocycles. The number of hydrogen-bond acceptors (Lipinski definition) is 5. The smallest absolute Gasteiger partial charge is 0.206 e. The molecule has 1 aliphatic rings. The fourth-order valence-electron chi connectivity index (χ4n) is 2.03. The minimum atomic E-state index is -1.47. The Kier molecular flexibility index (Phi) is 6.12. The largest absolute Gasteiger partial charge is 0.385 e. The second-order valence-corrected chi connectivity index (χ2v) is 5.78. The van der Waals surface area contributed by atoms with Crippen molar-refractivity contribution in [3.63, 3.8) is 0 Å². The number of quaternary nitrogens is 1. The summed E-state index contributed by atoms with van der Waals surface area (Å²) in [7, 11) is 0. The van der Waals surface area contributed by atoms with Gasteiger partial charge in [-0.05, 0) is 12.8 Å². The van der Waals surface area contributed by atoms with Gasteiger partial charge in [-0.15, -0.1) is 11.8 Å². The van der Waals surface area contributed by atoms with E-state index in [0.29, 0.717) is 23.5 Å². The van der Waals surface area contributed by atoms with Crippen LogP contribution < -0.4 is 5.73 Å². The molecule has 102 valence electrons. The van der Waals surface area contributed by atoms with Crippen LogP contribution in [0.1, 0.15) is 32.1 Å². The molecule has 6 N–H and O–H groups in total. The number of aliphatic hydroxyl groups is 3. The van der Waals surface area contributed by atoms with E-state index < -0.39 is 17.9 Å². The van der Waals surface area contributed by atoms with E-state index in [2.05, 4.69) is 5.73 Å². The Balaban J connectivity index is 2.66. The molecular weight excluding hydrogens is 252 g/mol. The molecule has 1 saturated carbocycles. The predicted molar refractivity (Wildman–Crippen MR) is 69.1 cm³/mol. The molecule has 1 rings (SSSR count). The lowest BCUT2D eigenvalue weighted by molar-refractivity contribution is -0.448. The normalized spacial score (nSPS) is 21.7. The van der Waals surface area contributed by atoms with E-state index in [1.807, 2.05) is 6.07 Å². The van der Waals surface area contributed by atoms with Crippen molar-refractivity contribution in [3.05, 3.63) is 11.0 Å². The van der Waals surface area contributed by atoms with Crippen LogP contribution in [-0.4, -0.2) is 39.0 Å². The highest BCUT2D eigenvalue weighted by Crippen LogP contribution is 2.39. The van der Waals surface area contributed by atoms with Gasteiger partial charge in [0.05, 0.1) is 17.4 Å². The zero-order valence-corrected chi connectivity index (χ0v) is 11.2. The molecule has 0 saturated heterocycles. The van der Waals surface area contributed by atoms with Gasteiger partial charge in [0.1, 0.15) is 6.04 Å². The number of aliphatic hydroxyl groups excluding tert-OH is 1. The first-order valence-corrected chi connectivity index (χ1v) is 7.13. The van der Waals surface area contributed by atoms with Crippen molar-refractivity contribution in [2.75, 3.05) is 5.75 Å². The van der Waals surface area contributed by atoms with Crippen LogP contribution in [-0.2, 0) is 0 Å². The van der Waals surface area contributed by atoms with Crippen molar-refractivity contribution in [3.8, 4) is 6.07 Å². The molecule has 1 aliphatic carbocycles. The second-order valence-electron chi connectivity index (χ2n) is 4.71. The average Bonchev–Trinajstić information content (AvgIpc) is 2.34. The first kappa shape index (κ1) is 15.5. The summed E-state index contributed by atoms with van der Waals surface area (Å²) in [4.78, 5) is 0.624. The standard InChI is InChI=1S/C12H20N2O3S/c13-7-4-10(18-8-9(14)11(15)16)12(17)5-2-1-3-6-12/h4,9,11,15-17H,1-3,5-6,8,14H2/p+1/b10-4-/t9-/m0/s1. The van der Waals surface area contributed by atoms with Gasteiger partial charge in [0.15, 0.2) is 0 Å². The number of nitrogens with zero attached hydrogens (tertiary/aromatic N) is 1. The first-order chi connectivity index (χ1) is 8.49. The summed E-state index contributed by atoms with van der Waals surface area (Å²) < 4.78 is 0. The van der Waals surface area contributed by atoms with E-state index >= 15 is 0 Å². The molecule has 0 aromatic carbocycles. The minimum Gasteiger partial charge on any atom is -0.385 e. The third-order valence-corrected chi connectivity index (χ3v) is 4.61. The van der Waals surface area contributed by atoms with Crippen molar-refractivity contribution < 1.29 is 21.1 Å². The molecule has 6 heteroatoms. The fourth-order valence-corrected chi connectivity index (χ4v) is 3.21. The number of rotatable bonds is 5. The van der Waals surface area contributed by atoms with Gasteiger partial charge < -0.3 is 21.1 Å². The second kappa shape index (κ2) is 7.12. The van der Waals surface area contributed by atoms with Gasteiger partial charge in [0.2, 0.25) is 6.29 Å². The third-order valence-electron chi connectivity index (χ3n) is 3.21. The summed E-state index contributed by atoms with van der Waals surface area (Å²) in [6, 6.07) is 1.42. The molecule has 0 radical (unpaired) electrons. The quantitative estimate of drug-likeness (QED) is 0.407. The molecule has 0 amide bonds. The molecule has 1 fully saturated rings. The van der Waals surface area contributed by atoms with Gasteiger partial charge in [-0.3, -0.25) is 0 Å². The monoisotopic (exact) mass is 273 g/mol. The minimum absolute atomic E-state index is 0.369. The summed E-state index contributed by atoms with van der Waals surface area (Å²) in [5.41, 5.74) is 2.71. The van der Waals surface area contributed by atoms with Crippen molar-refractivity contribution in [2.24, 2.45) is 0 Å². The van der Waals surface area contributed by atoms with Crippen LogP contribution in [0.3, 0.4) is 0 Å². The van der Waals surface area contributed by atoms with E-state index in [9.17, 15) is 5.11 Å². The number of hydrogen-bond donors (Lipinski definition) is 4. The van der Waals surface area contributed by atoms with Crippen molar-refractivity contribution in [2.45, 2.75) is 50.0 Å². The van der Waals surface area contributed by atoms with Crippen LogP contribution in [0.5, 0.6) is 0 Å². The number of nitriles is 1. The molecular formula is C12H21N2O3S+. The summed E-state index contributed by atoms with van der Waals surface area (Å²) in [6.07, 6.45) is 4.24. The summed E-state index contributed by atoms with van der Waals surface area (Å²) in [5.74, 6) is 0.369. The van der Waals surface area contributed by atoms with Crippen LogP contribution in [0.15, 0.2) is 11.0 Å². The summed E-state index contributed by atoms with van der Waals surface area (Å²) in [5, 5.41) is 37.3. The Morgan fingerprint density at radius 2 is 2.00 bits per heavy atom. The Labute approximate surface area is 111 Å². The zero-order valence-electron chi connectivity index (χ0n) is 10.4. The van der Waals surface area contributed by atoms with Crippen LogP contribution >= 0.6 is 11.8 Å². The highest BCUT2D eigenvalue weighted by molar-refractivity contribution is 8.03. The highest BCUT2D eigenvalue weighted by Gasteiger charge is 2.34. The molecule has 0 unspecified atom stereocenters. The molecule has 0 aromatic heterocycles. The zero-order chi connectivity index (χ0) is 13.6. The predicted octanol–water partition coefficient (Wildman–Crippen LogP) is -0.257. The van der Waals surface area contributed by atoms with Crippen LogP contribution in [0.2, 0.25) is 0 Å². The maximum Gasteiger partial charge on any atom is 0.206 e. The van der Waals surface area contributed by atoms with Gasteiger partial charge in [-0.2, -0.15) is 5.26 Å². The lowest BCUT2D eigenvalue weighted by Crippen LogP contribution is -2.67. The Morgan fingerprint density at radius 3 is 2.50 bits per heavy atom. The molecule has 0 bridgehead atoms. The highest BCUT2D eigenvalue weighted by atomic mass is 32.2.